The molecule has 118 valence electrons. The highest BCUT2D eigenvalue weighted by atomic mass is 32.2. The first kappa shape index (κ1) is 17.4. The summed E-state index contributed by atoms with van der Waals surface area (Å²) >= 11 is 0. The highest BCUT2D eigenvalue weighted by Gasteiger charge is 2.44. The minimum atomic E-state index is -3.65. The van der Waals surface area contributed by atoms with Gasteiger partial charge in [-0.25, -0.2) is 8.42 Å². The number of aliphatic carboxylic acids is 1. The van der Waals surface area contributed by atoms with Crippen LogP contribution in [0.2, 0.25) is 0 Å². The maximum absolute atomic E-state index is 12.0. The van der Waals surface area contributed by atoms with Gasteiger partial charge in [-0.2, -0.15) is 4.72 Å². The number of carboxylic acids is 1. The fourth-order valence-electron chi connectivity index (χ4n) is 2.36. The minimum Gasteiger partial charge on any atom is -0.480 e. The molecule has 0 heterocycles. The van der Waals surface area contributed by atoms with Crippen LogP contribution in [-0.2, 0) is 19.6 Å². The zero-order chi connectivity index (χ0) is 15.4. The second-order valence-corrected chi connectivity index (χ2v) is 7.75. The lowest BCUT2D eigenvalue weighted by Gasteiger charge is -2.36. The highest BCUT2D eigenvalue weighted by molar-refractivity contribution is 7.89. The molecule has 1 aliphatic carbocycles. The molecule has 0 saturated heterocycles. The van der Waals surface area contributed by atoms with Gasteiger partial charge in [0, 0.05) is 0 Å². The molecule has 0 aromatic heterocycles. The van der Waals surface area contributed by atoms with Gasteiger partial charge in [0.1, 0.15) is 5.54 Å². The first-order valence-electron chi connectivity index (χ1n) is 7.03. The predicted molar refractivity (Wildman–Crippen MR) is 76.0 cm³/mol. The summed E-state index contributed by atoms with van der Waals surface area (Å²) in [4.78, 5) is 11.5. The van der Waals surface area contributed by atoms with Crippen LogP contribution in [0, 0.1) is 5.92 Å². The van der Waals surface area contributed by atoms with Crippen LogP contribution in [0.3, 0.4) is 0 Å². The summed E-state index contributed by atoms with van der Waals surface area (Å²) in [5.41, 5.74) is -1.34. The quantitative estimate of drug-likeness (QED) is 0.741. The molecular formula is C13H25NO5S. The Hall–Kier alpha value is -0.660. The number of carbonyl (C=O) groups is 1. The minimum absolute atomic E-state index is 0.0471. The number of carboxylic acid groups (broad SMARTS) is 1. The van der Waals surface area contributed by atoms with Gasteiger partial charge in [-0.3, -0.25) is 4.79 Å². The summed E-state index contributed by atoms with van der Waals surface area (Å²) in [6.45, 7) is 5.76. The lowest BCUT2D eigenvalue weighted by Crippen LogP contribution is -2.56. The van der Waals surface area contributed by atoms with Crippen molar-refractivity contribution in [1.82, 2.24) is 4.72 Å². The van der Waals surface area contributed by atoms with Crippen molar-refractivity contribution in [3.63, 3.8) is 0 Å². The molecule has 0 aromatic carbocycles. The van der Waals surface area contributed by atoms with Crippen LogP contribution >= 0.6 is 0 Å². The van der Waals surface area contributed by atoms with E-state index >= 15 is 0 Å². The molecule has 1 aliphatic rings. The molecule has 0 aromatic rings. The molecule has 0 atom stereocenters. The van der Waals surface area contributed by atoms with Gasteiger partial charge in [0.15, 0.2) is 0 Å². The zero-order valence-electron chi connectivity index (χ0n) is 12.4. The molecule has 0 bridgehead atoms. The van der Waals surface area contributed by atoms with Crippen molar-refractivity contribution in [1.29, 1.82) is 0 Å². The molecule has 6 nitrogen and oxygen atoms in total. The fraction of sp³-hybridized carbons (Fsp3) is 0.923. The van der Waals surface area contributed by atoms with Crippen molar-refractivity contribution >= 4 is 16.0 Å². The molecule has 0 unspecified atom stereocenters. The van der Waals surface area contributed by atoms with Crippen LogP contribution < -0.4 is 4.72 Å². The van der Waals surface area contributed by atoms with Gasteiger partial charge in [0.2, 0.25) is 10.0 Å². The third-order valence-electron chi connectivity index (χ3n) is 3.69. The Morgan fingerprint density at radius 1 is 1.40 bits per heavy atom. The van der Waals surface area contributed by atoms with Gasteiger partial charge in [-0.05, 0) is 45.4 Å². The van der Waals surface area contributed by atoms with Crippen molar-refractivity contribution in [3.05, 3.63) is 0 Å². The van der Waals surface area contributed by atoms with E-state index in [0.717, 1.165) is 12.8 Å². The standard InChI is InChI=1S/C13H25NO5S/c1-10(2)19-8-9-20(17,18)14-13(12(15)16)6-4-11(3)5-7-13/h10-11,14H,4-9H2,1-3H3,(H,15,16). The van der Waals surface area contributed by atoms with Crippen molar-refractivity contribution in [3.8, 4) is 0 Å². The monoisotopic (exact) mass is 307 g/mol. The lowest BCUT2D eigenvalue weighted by molar-refractivity contribution is -0.145. The third-order valence-corrected chi connectivity index (χ3v) is 5.10. The van der Waals surface area contributed by atoms with E-state index in [1.807, 2.05) is 13.8 Å². The molecule has 0 spiro atoms. The summed E-state index contributed by atoms with van der Waals surface area (Å²) in [5, 5.41) is 9.39. The summed E-state index contributed by atoms with van der Waals surface area (Å²) in [6, 6.07) is 0. The molecular weight excluding hydrogens is 282 g/mol. The number of sulfonamides is 1. The Morgan fingerprint density at radius 3 is 2.40 bits per heavy atom. The van der Waals surface area contributed by atoms with Gasteiger partial charge >= 0.3 is 5.97 Å². The van der Waals surface area contributed by atoms with E-state index in [4.69, 9.17) is 4.74 Å². The Labute approximate surface area is 120 Å². The maximum atomic E-state index is 12.0. The highest BCUT2D eigenvalue weighted by Crippen LogP contribution is 2.32. The smallest absolute Gasteiger partial charge is 0.324 e. The number of nitrogens with one attached hydrogen (secondary N) is 1. The molecule has 1 fully saturated rings. The molecule has 20 heavy (non-hydrogen) atoms. The molecule has 1 rings (SSSR count). The molecule has 0 aliphatic heterocycles. The zero-order valence-corrected chi connectivity index (χ0v) is 13.2. The van der Waals surface area contributed by atoms with E-state index in [2.05, 4.69) is 11.6 Å². The van der Waals surface area contributed by atoms with Crippen LogP contribution in [-0.4, -0.2) is 43.5 Å². The van der Waals surface area contributed by atoms with Gasteiger partial charge in [-0.1, -0.05) is 6.92 Å². The van der Waals surface area contributed by atoms with Gasteiger partial charge in [0.25, 0.3) is 0 Å². The van der Waals surface area contributed by atoms with E-state index in [1.165, 1.54) is 0 Å². The van der Waals surface area contributed by atoms with E-state index in [1.54, 1.807) is 0 Å². The summed E-state index contributed by atoms with van der Waals surface area (Å²) in [6.07, 6.45) is 2.07. The SMILES string of the molecule is CC1CCC(NS(=O)(=O)CCOC(C)C)(C(=O)O)CC1. The van der Waals surface area contributed by atoms with Crippen LogP contribution in [0.1, 0.15) is 46.5 Å². The van der Waals surface area contributed by atoms with Crippen molar-refractivity contribution in [2.24, 2.45) is 5.92 Å². The van der Waals surface area contributed by atoms with Gasteiger partial charge in [0.05, 0.1) is 18.5 Å². The number of hydrogen-bond acceptors (Lipinski definition) is 4. The summed E-state index contributed by atoms with van der Waals surface area (Å²) < 4.78 is 31.6. The van der Waals surface area contributed by atoms with E-state index < -0.39 is 21.5 Å². The third kappa shape index (κ3) is 5.03. The van der Waals surface area contributed by atoms with E-state index in [9.17, 15) is 18.3 Å². The van der Waals surface area contributed by atoms with Gasteiger partial charge in [-0.15, -0.1) is 0 Å². The van der Waals surface area contributed by atoms with E-state index in [-0.39, 0.29) is 18.5 Å². The first-order chi connectivity index (χ1) is 9.17. The van der Waals surface area contributed by atoms with Gasteiger partial charge < -0.3 is 9.84 Å². The Balaban J connectivity index is 2.68. The molecule has 0 amide bonds. The van der Waals surface area contributed by atoms with Crippen LogP contribution in [0.5, 0.6) is 0 Å². The molecule has 7 heteroatoms. The summed E-state index contributed by atoms with van der Waals surface area (Å²) in [5.74, 6) is -0.857. The fourth-order valence-corrected chi connectivity index (χ4v) is 3.66. The van der Waals surface area contributed by atoms with Crippen molar-refractivity contribution < 1.29 is 23.1 Å². The van der Waals surface area contributed by atoms with E-state index in [0.29, 0.717) is 18.8 Å². The van der Waals surface area contributed by atoms with Crippen LogP contribution in [0.15, 0.2) is 0 Å². The van der Waals surface area contributed by atoms with Crippen molar-refractivity contribution in [2.45, 2.75) is 58.1 Å². The lowest BCUT2D eigenvalue weighted by atomic mass is 9.78. The first-order valence-corrected chi connectivity index (χ1v) is 8.69. The Morgan fingerprint density at radius 2 is 1.95 bits per heavy atom. The molecule has 0 radical (unpaired) electrons. The number of rotatable bonds is 7. The largest absolute Gasteiger partial charge is 0.480 e. The normalized spacial score (nSPS) is 27.7. The van der Waals surface area contributed by atoms with Crippen LogP contribution in [0.25, 0.3) is 0 Å². The van der Waals surface area contributed by atoms with Crippen LogP contribution in [0.4, 0.5) is 0 Å². The Bertz CT molecular complexity index is 424. The second-order valence-electron chi connectivity index (χ2n) is 5.91. The average molecular weight is 307 g/mol. The number of hydrogen-bond donors (Lipinski definition) is 2. The molecule has 1 saturated carbocycles. The molecule has 2 N–H and O–H groups in total. The Kier molecular flexibility index (Phi) is 5.97. The number of ether oxygens (including phenoxy) is 1. The second kappa shape index (κ2) is 6.87. The predicted octanol–water partition coefficient (Wildman–Crippen LogP) is 1.36. The maximum Gasteiger partial charge on any atom is 0.324 e. The topological polar surface area (TPSA) is 92.7 Å². The average Bonchev–Trinajstić information content (AvgIpc) is 2.31. The van der Waals surface area contributed by atoms with Crippen molar-refractivity contribution in [2.75, 3.05) is 12.4 Å². The summed E-state index contributed by atoms with van der Waals surface area (Å²) in [7, 11) is -3.65.